The fraction of sp³-hybridized carbons (Fsp3) is 0.481. The van der Waals surface area contributed by atoms with Crippen LogP contribution in [0.1, 0.15) is 59.7 Å². The normalized spacial score (nSPS) is 16.7. The van der Waals surface area contributed by atoms with Crippen LogP contribution in [0.25, 0.3) is 0 Å². The van der Waals surface area contributed by atoms with E-state index in [4.69, 9.17) is 25.8 Å². The van der Waals surface area contributed by atoms with Crippen LogP contribution in [-0.2, 0) is 11.2 Å². The van der Waals surface area contributed by atoms with Gasteiger partial charge < -0.3 is 19.1 Å². The zero-order valence-corrected chi connectivity index (χ0v) is 21.1. The number of hydrogen-bond donors (Lipinski definition) is 0. The van der Waals surface area contributed by atoms with Crippen molar-refractivity contribution in [3.8, 4) is 17.2 Å². The van der Waals surface area contributed by atoms with Crippen molar-refractivity contribution in [2.24, 2.45) is 0 Å². The molecule has 2 aromatic carbocycles. The number of ketones is 1. The molecular formula is C27H32ClNO5. The first-order valence-corrected chi connectivity index (χ1v) is 12.2. The molecule has 1 amide bonds. The fourth-order valence-corrected chi connectivity index (χ4v) is 5.14. The van der Waals surface area contributed by atoms with Crippen LogP contribution in [0.2, 0.25) is 5.02 Å². The third-order valence-corrected chi connectivity index (χ3v) is 7.50. The van der Waals surface area contributed by atoms with E-state index in [1.54, 1.807) is 7.11 Å². The molecule has 0 aliphatic carbocycles. The number of rotatable bonds is 6. The van der Waals surface area contributed by atoms with E-state index in [9.17, 15) is 9.59 Å². The summed E-state index contributed by atoms with van der Waals surface area (Å²) < 4.78 is 17.4. The van der Waals surface area contributed by atoms with Crippen LogP contribution in [0.15, 0.2) is 24.3 Å². The van der Waals surface area contributed by atoms with Gasteiger partial charge >= 0.3 is 0 Å². The quantitative estimate of drug-likeness (QED) is 0.553. The molecule has 7 heteroatoms. The van der Waals surface area contributed by atoms with Gasteiger partial charge in [0.15, 0.2) is 17.3 Å². The highest BCUT2D eigenvalue weighted by Crippen LogP contribution is 2.43. The van der Waals surface area contributed by atoms with Gasteiger partial charge in [-0.2, -0.15) is 0 Å². The first-order valence-electron chi connectivity index (χ1n) is 11.9. The lowest BCUT2D eigenvalue weighted by Crippen LogP contribution is -2.52. The van der Waals surface area contributed by atoms with Gasteiger partial charge in [-0.1, -0.05) is 17.7 Å². The molecule has 2 aliphatic heterocycles. The molecule has 2 aliphatic rings. The first kappa shape index (κ1) is 24.4. The molecule has 1 fully saturated rings. The largest absolute Gasteiger partial charge is 0.493 e. The van der Waals surface area contributed by atoms with Crippen LogP contribution in [0.5, 0.6) is 17.2 Å². The summed E-state index contributed by atoms with van der Waals surface area (Å²) in [5.41, 5.74) is 2.78. The predicted octanol–water partition coefficient (Wildman–Crippen LogP) is 5.32. The van der Waals surface area contributed by atoms with Gasteiger partial charge in [0.25, 0.3) is 0 Å². The third-order valence-electron chi connectivity index (χ3n) is 6.92. The highest BCUT2D eigenvalue weighted by molar-refractivity contribution is 6.32. The number of likely N-dealkylation sites (tertiary alicyclic amines) is 1. The minimum atomic E-state index is -0.546. The lowest BCUT2D eigenvalue weighted by atomic mass is 9.81. The molecule has 4 rings (SSSR count). The molecule has 2 heterocycles. The zero-order valence-electron chi connectivity index (χ0n) is 20.3. The maximum absolute atomic E-state index is 13.0. The van der Waals surface area contributed by atoms with Crippen molar-refractivity contribution in [3.05, 3.63) is 51.5 Å². The van der Waals surface area contributed by atoms with Crippen molar-refractivity contribution >= 4 is 23.3 Å². The predicted molar refractivity (Wildman–Crippen MR) is 132 cm³/mol. The molecule has 0 saturated carbocycles. The molecule has 6 nitrogen and oxygen atoms in total. The van der Waals surface area contributed by atoms with E-state index in [1.165, 1.54) is 0 Å². The number of amides is 1. The fourth-order valence-electron chi connectivity index (χ4n) is 4.99. The standard InChI is InChI=1S/C27H32ClNO5/c1-5-33-21-8-6-19(15-22(21)32-4)7-9-24(31)29-12-10-27(11-13-29)16-20(30)25-18(3)26(28)17(2)14-23(25)34-27/h6,8,14-15H,5,7,9-13,16H2,1-4H3. The van der Waals surface area contributed by atoms with Crippen molar-refractivity contribution in [3.63, 3.8) is 0 Å². The Morgan fingerprint density at radius 3 is 2.59 bits per heavy atom. The van der Waals surface area contributed by atoms with E-state index in [-0.39, 0.29) is 11.7 Å². The van der Waals surface area contributed by atoms with Crippen LogP contribution in [0, 0.1) is 13.8 Å². The number of nitrogens with zero attached hydrogens (tertiary/aromatic N) is 1. The van der Waals surface area contributed by atoms with Gasteiger partial charge in [0.1, 0.15) is 11.4 Å². The van der Waals surface area contributed by atoms with Crippen molar-refractivity contribution in [2.45, 2.75) is 58.5 Å². The van der Waals surface area contributed by atoms with Crippen molar-refractivity contribution in [1.29, 1.82) is 0 Å². The van der Waals surface area contributed by atoms with Gasteiger partial charge in [-0.15, -0.1) is 0 Å². The Morgan fingerprint density at radius 1 is 1.18 bits per heavy atom. The van der Waals surface area contributed by atoms with E-state index in [1.807, 2.05) is 49.9 Å². The van der Waals surface area contributed by atoms with Crippen LogP contribution in [0.3, 0.4) is 0 Å². The van der Waals surface area contributed by atoms with Gasteiger partial charge in [0.05, 0.1) is 25.7 Å². The number of halogens is 1. The number of fused-ring (bicyclic) bond motifs is 1. The molecule has 0 unspecified atom stereocenters. The summed E-state index contributed by atoms with van der Waals surface area (Å²) >= 11 is 6.36. The maximum Gasteiger partial charge on any atom is 0.222 e. The zero-order chi connectivity index (χ0) is 24.5. The Morgan fingerprint density at radius 2 is 1.91 bits per heavy atom. The van der Waals surface area contributed by atoms with Crippen molar-refractivity contribution < 1.29 is 23.8 Å². The molecule has 2 aromatic rings. The lowest BCUT2D eigenvalue weighted by molar-refractivity contribution is -0.134. The molecule has 34 heavy (non-hydrogen) atoms. The summed E-state index contributed by atoms with van der Waals surface area (Å²) in [6.45, 7) is 7.46. The number of carbonyl (C=O) groups is 2. The second-order valence-corrected chi connectivity index (χ2v) is 9.57. The number of hydrogen-bond acceptors (Lipinski definition) is 5. The molecule has 0 atom stereocenters. The molecule has 0 N–H and O–H groups in total. The van der Waals surface area contributed by atoms with E-state index < -0.39 is 5.60 Å². The number of carbonyl (C=O) groups excluding carboxylic acids is 2. The lowest BCUT2D eigenvalue weighted by Gasteiger charge is -2.44. The van der Waals surface area contributed by atoms with Crippen molar-refractivity contribution in [2.75, 3.05) is 26.8 Å². The second-order valence-electron chi connectivity index (χ2n) is 9.19. The molecule has 1 spiro atoms. The van der Waals surface area contributed by atoms with E-state index in [2.05, 4.69) is 0 Å². The van der Waals surface area contributed by atoms with Gasteiger partial charge in [0.2, 0.25) is 5.91 Å². The summed E-state index contributed by atoms with van der Waals surface area (Å²) in [6, 6.07) is 7.66. The number of benzene rings is 2. The Bertz CT molecular complexity index is 1100. The summed E-state index contributed by atoms with van der Waals surface area (Å²) in [5, 5.41) is 0.622. The topological polar surface area (TPSA) is 65.1 Å². The summed E-state index contributed by atoms with van der Waals surface area (Å²) in [7, 11) is 1.62. The van der Waals surface area contributed by atoms with Crippen LogP contribution in [-0.4, -0.2) is 49.0 Å². The minimum Gasteiger partial charge on any atom is -0.493 e. The molecule has 0 radical (unpaired) electrons. The molecule has 1 saturated heterocycles. The highest BCUT2D eigenvalue weighted by Gasteiger charge is 2.44. The Labute approximate surface area is 206 Å². The number of methoxy groups -OCH3 is 1. The average Bonchev–Trinajstić information content (AvgIpc) is 2.82. The molecular weight excluding hydrogens is 454 g/mol. The SMILES string of the molecule is CCOc1ccc(CCC(=O)N2CCC3(CC2)CC(=O)c2c(cc(C)c(Cl)c2C)O3)cc1OC. The third kappa shape index (κ3) is 4.74. The van der Waals surface area contributed by atoms with E-state index in [0.717, 1.165) is 16.7 Å². The Kier molecular flexibility index (Phi) is 7.08. The molecule has 0 aromatic heterocycles. The van der Waals surface area contributed by atoms with Gasteiger partial charge in [-0.25, -0.2) is 0 Å². The summed E-state index contributed by atoms with van der Waals surface area (Å²) in [5.74, 6) is 2.20. The number of aryl methyl sites for hydroxylation is 2. The van der Waals surface area contributed by atoms with Crippen LogP contribution >= 0.6 is 11.6 Å². The smallest absolute Gasteiger partial charge is 0.222 e. The van der Waals surface area contributed by atoms with Crippen LogP contribution in [0.4, 0.5) is 0 Å². The monoisotopic (exact) mass is 485 g/mol. The maximum atomic E-state index is 13.0. The van der Waals surface area contributed by atoms with E-state index >= 15 is 0 Å². The van der Waals surface area contributed by atoms with Gasteiger partial charge in [-0.05, 0) is 62.1 Å². The Balaban J connectivity index is 1.37. The number of piperidine rings is 1. The summed E-state index contributed by atoms with van der Waals surface area (Å²) in [4.78, 5) is 27.8. The number of Topliss-reactive ketones (excluding diaryl/α,β-unsaturated/α-hetero) is 1. The minimum absolute atomic E-state index is 0.0740. The van der Waals surface area contributed by atoms with Crippen molar-refractivity contribution in [1.82, 2.24) is 4.90 Å². The van der Waals surface area contributed by atoms with E-state index in [0.29, 0.717) is 79.6 Å². The van der Waals surface area contributed by atoms with Crippen LogP contribution < -0.4 is 14.2 Å². The van der Waals surface area contributed by atoms with Gasteiger partial charge in [-0.3, -0.25) is 9.59 Å². The second kappa shape index (κ2) is 9.87. The Hall–Kier alpha value is -2.73. The first-order chi connectivity index (χ1) is 16.3. The average molecular weight is 486 g/mol. The van der Waals surface area contributed by atoms with Gasteiger partial charge in [0, 0.05) is 37.4 Å². The highest BCUT2D eigenvalue weighted by atomic mass is 35.5. The number of ether oxygens (including phenoxy) is 3. The molecule has 0 bridgehead atoms. The molecule has 182 valence electrons. The summed E-state index contributed by atoms with van der Waals surface area (Å²) in [6.07, 6.45) is 2.66.